The number of rotatable bonds is 8. The van der Waals surface area contributed by atoms with Crippen LogP contribution in [0.25, 0.3) is 6.08 Å². The van der Waals surface area contributed by atoms with Gasteiger partial charge in [-0.2, -0.15) is 0 Å². The molecule has 146 valence electrons. The molecule has 0 unspecified atom stereocenters. The van der Waals surface area contributed by atoms with Crippen LogP contribution < -0.4 is 9.47 Å². The van der Waals surface area contributed by atoms with E-state index < -0.39 is 12.6 Å². The van der Waals surface area contributed by atoms with Crippen LogP contribution in [0.3, 0.4) is 0 Å². The summed E-state index contributed by atoms with van der Waals surface area (Å²) < 4.78 is 11.4. The number of imide groups is 1. The molecule has 27 heavy (non-hydrogen) atoms. The fraction of sp³-hybridized carbons (Fsp3) is 0.389. The first kappa shape index (κ1) is 21.3. The van der Waals surface area contributed by atoms with Gasteiger partial charge in [-0.25, -0.2) is 4.79 Å². The van der Waals surface area contributed by atoms with Gasteiger partial charge in [-0.3, -0.25) is 14.5 Å². The maximum atomic E-state index is 12.6. The summed E-state index contributed by atoms with van der Waals surface area (Å²) >= 11 is 4.29. The fourth-order valence-corrected chi connectivity index (χ4v) is 3.72. The molecule has 1 saturated heterocycles. The molecule has 1 atom stereocenters. The van der Waals surface area contributed by atoms with E-state index in [1.54, 1.807) is 25.1 Å². The van der Waals surface area contributed by atoms with Gasteiger partial charge in [0.1, 0.15) is 0 Å². The Morgan fingerprint density at radius 3 is 2.56 bits per heavy atom. The molecule has 9 heteroatoms. The molecular weight excluding hydrogens is 438 g/mol. The van der Waals surface area contributed by atoms with Crippen LogP contribution >= 0.6 is 27.7 Å². The van der Waals surface area contributed by atoms with Gasteiger partial charge in [-0.1, -0.05) is 22.9 Å². The largest absolute Gasteiger partial charge is 0.490 e. The van der Waals surface area contributed by atoms with Crippen molar-refractivity contribution in [3.63, 3.8) is 0 Å². The summed E-state index contributed by atoms with van der Waals surface area (Å²) in [4.78, 5) is 37.0. The summed E-state index contributed by atoms with van der Waals surface area (Å²) in [6.45, 7) is 5.39. The van der Waals surface area contributed by atoms with Crippen molar-refractivity contribution >= 4 is 50.9 Å². The normalized spacial score (nSPS) is 16.7. The molecule has 1 aliphatic rings. The molecule has 1 aliphatic heterocycles. The molecule has 1 N–H and O–H groups in total. The molecule has 7 nitrogen and oxygen atoms in total. The van der Waals surface area contributed by atoms with E-state index >= 15 is 0 Å². The molecule has 0 aromatic heterocycles. The number of hydrogen-bond donors (Lipinski definition) is 1. The first-order valence-electron chi connectivity index (χ1n) is 8.36. The number of aliphatic carboxylic acids is 1. The lowest BCUT2D eigenvalue weighted by molar-refractivity contribution is -0.139. The van der Waals surface area contributed by atoms with E-state index in [4.69, 9.17) is 14.6 Å². The third kappa shape index (κ3) is 5.04. The van der Waals surface area contributed by atoms with Crippen LogP contribution in [-0.4, -0.2) is 46.4 Å². The Kier molecular flexibility index (Phi) is 7.32. The number of carboxylic acid groups (broad SMARTS) is 1. The van der Waals surface area contributed by atoms with Gasteiger partial charge in [0.15, 0.2) is 18.1 Å². The number of carboxylic acids is 1. The smallest absolute Gasteiger partial charge is 0.341 e. The van der Waals surface area contributed by atoms with Crippen molar-refractivity contribution in [2.24, 2.45) is 0 Å². The van der Waals surface area contributed by atoms with Crippen LogP contribution in [0.15, 0.2) is 21.5 Å². The molecule has 0 bridgehead atoms. The molecule has 2 amide bonds. The number of ether oxygens (including phenoxy) is 2. The summed E-state index contributed by atoms with van der Waals surface area (Å²) in [6, 6.07) is 3.05. The van der Waals surface area contributed by atoms with Crippen molar-refractivity contribution in [2.75, 3.05) is 13.2 Å². The van der Waals surface area contributed by atoms with Crippen molar-refractivity contribution < 1.29 is 29.0 Å². The van der Waals surface area contributed by atoms with Crippen molar-refractivity contribution in [1.82, 2.24) is 4.90 Å². The zero-order chi connectivity index (χ0) is 20.1. The Balaban J connectivity index is 2.37. The van der Waals surface area contributed by atoms with Gasteiger partial charge in [0.05, 0.1) is 11.5 Å². The lowest BCUT2D eigenvalue weighted by atomic mass is 10.1. The molecular formula is C18H20BrNO6S. The minimum atomic E-state index is -1.10. The molecule has 1 aromatic rings. The fourth-order valence-electron chi connectivity index (χ4n) is 2.37. The number of thioether (sulfide) groups is 1. The molecule has 1 heterocycles. The predicted molar refractivity (Wildman–Crippen MR) is 106 cm³/mol. The SMILES string of the molecule is CCOc1cc(/C=C2/SC(=O)N([C@H](C)CC)C2=O)c(Br)cc1OCC(=O)O. The van der Waals surface area contributed by atoms with Gasteiger partial charge in [0.25, 0.3) is 11.1 Å². The molecule has 1 fully saturated rings. The van der Waals surface area contributed by atoms with Gasteiger partial charge < -0.3 is 14.6 Å². The first-order valence-corrected chi connectivity index (χ1v) is 9.97. The number of amides is 2. The van der Waals surface area contributed by atoms with Gasteiger partial charge in [0.2, 0.25) is 0 Å². The van der Waals surface area contributed by atoms with Crippen molar-refractivity contribution in [3.8, 4) is 11.5 Å². The lowest BCUT2D eigenvalue weighted by Gasteiger charge is -2.19. The first-order chi connectivity index (χ1) is 12.8. The molecule has 0 saturated carbocycles. The molecule has 0 spiro atoms. The summed E-state index contributed by atoms with van der Waals surface area (Å²) in [7, 11) is 0. The Bertz CT molecular complexity index is 794. The van der Waals surface area contributed by atoms with Gasteiger partial charge >= 0.3 is 5.97 Å². The van der Waals surface area contributed by atoms with E-state index in [2.05, 4.69) is 15.9 Å². The highest BCUT2D eigenvalue weighted by atomic mass is 79.9. The number of benzene rings is 1. The highest BCUT2D eigenvalue weighted by molar-refractivity contribution is 9.10. The number of halogens is 1. The zero-order valence-corrected chi connectivity index (χ0v) is 17.6. The maximum Gasteiger partial charge on any atom is 0.341 e. The Hall–Kier alpha value is -2.00. The molecule has 0 radical (unpaired) electrons. The minimum Gasteiger partial charge on any atom is -0.490 e. The van der Waals surface area contributed by atoms with Gasteiger partial charge in [-0.05, 0) is 55.8 Å². The van der Waals surface area contributed by atoms with Crippen LogP contribution in [0.5, 0.6) is 11.5 Å². The van der Waals surface area contributed by atoms with E-state index in [1.807, 2.05) is 13.8 Å². The Labute approximate surface area is 169 Å². The summed E-state index contributed by atoms with van der Waals surface area (Å²) in [5, 5.41) is 8.50. The summed E-state index contributed by atoms with van der Waals surface area (Å²) in [6.07, 6.45) is 2.29. The summed E-state index contributed by atoms with van der Waals surface area (Å²) in [5.74, 6) is -0.794. The number of hydrogen-bond acceptors (Lipinski definition) is 6. The van der Waals surface area contributed by atoms with E-state index in [9.17, 15) is 14.4 Å². The lowest BCUT2D eigenvalue weighted by Crippen LogP contribution is -2.36. The monoisotopic (exact) mass is 457 g/mol. The standard InChI is InChI=1S/C18H20BrNO6S/c1-4-10(3)20-17(23)15(27-18(20)24)7-11-6-13(25-5-2)14(8-12(11)19)26-9-16(21)22/h6-8,10H,4-5,9H2,1-3H3,(H,21,22)/b15-7+/t10-/m1/s1. The number of carbonyl (C=O) groups excluding carboxylic acids is 2. The van der Waals surface area contributed by atoms with Crippen LogP contribution in [0.4, 0.5) is 4.79 Å². The summed E-state index contributed by atoms with van der Waals surface area (Å²) in [5.41, 5.74) is 0.621. The second kappa shape index (κ2) is 9.27. The highest BCUT2D eigenvalue weighted by Crippen LogP contribution is 2.38. The van der Waals surface area contributed by atoms with Crippen LogP contribution in [0, 0.1) is 0 Å². The van der Waals surface area contributed by atoms with Crippen molar-refractivity contribution in [2.45, 2.75) is 33.2 Å². The Morgan fingerprint density at radius 1 is 1.30 bits per heavy atom. The average molecular weight is 458 g/mol. The van der Waals surface area contributed by atoms with Gasteiger partial charge in [-0.15, -0.1) is 0 Å². The van der Waals surface area contributed by atoms with Crippen LogP contribution in [0.2, 0.25) is 0 Å². The average Bonchev–Trinajstić information content (AvgIpc) is 2.89. The van der Waals surface area contributed by atoms with E-state index in [0.717, 1.165) is 11.8 Å². The van der Waals surface area contributed by atoms with E-state index in [0.29, 0.717) is 33.7 Å². The highest BCUT2D eigenvalue weighted by Gasteiger charge is 2.37. The van der Waals surface area contributed by atoms with Crippen molar-refractivity contribution in [3.05, 3.63) is 27.1 Å². The second-order valence-corrected chi connectivity index (χ2v) is 7.59. The molecule has 0 aliphatic carbocycles. The van der Waals surface area contributed by atoms with Crippen LogP contribution in [-0.2, 0) is 9.59 Å². The number of nitrogens with zero attached hydrogens (tertiary/aromatic N) is 1. The Morgan fingerprint density at radius 2 is 1.96 bits per heavy atom. The van der Waals surface area contributed by atoms with Crippen LogP contribution in [0.1, 0.15) is 32.8 Å². The topological polar surface area (TPSA) is 93.1 Å². The maximum absolute atomic E-state index is 12.6. The third-order valence-electron chi connectivity index (χ3n) is 3.86. The van der Waals surface area contributed by atoms with E-state index in [1.165, 1.54) is 4.90 Å². The van der Waals surface area contributed by atoms with Gasteiger partial charge in [0, 0.05) is 10.5 Å². The molecule has 1 aromatic carbocycles. The van der Waals surface area contributed by atoms with Crippen molar-refractivity contribution in [1.29, 1.82) is 0 Å². The third-order valence-corrected chi connectivity index (χ3v) is 5.43. The molecule has 2 rings (SSSR count). The predicted octanol–water partition coefficient (Wildman–Crippen LogP) is 4.15. The second-order valence-electron chi connectivity index (χ2n) is 5.74. The number of carbonyl (C=O) groups is 3. The quantitative estimate of drug-likeness (QED) is 0.585. The van der Waals surface area contributed by atoms with E-state index in [-0.39, 0.29) is 22.9 Å². The zero-order valence-electron chi connectivity index (χ0n) is 15.2. The minimum absolute atomic E-state index is 0.169.